The topological polar surface area (TPSA) is 66.0 Å². The second-order valence-corrected chi connectivity index (χ2v) is 4.61. The summed E-state index contributed by atoms with van der Waals surface area (Å²) in [5, 5.41) is 18.0. The van der Waals surface area contributed by atoms with Crippen molar-refractivity contribution >= 4 is 11.6 Å². The first-order valence-corrected chi connectivity index (χ1v) is 6.45. The van der Waals surface area contributed by atoms with Crippen LogP contribution in [0, 0.1) is 22.7 Å². The molecule has 0 aliphatic heterocycles. The Morgan fingerprint density at radius 3 is 2.29 bits per heavy atom. The fourth-order valence-corrected chi connectivity index (χ4v) is 2.02. The van der Waals surface area contributed by atoms with E-state index in [-0.39, 0.29) is 6.61 Å². The number of nitriles is 2. The zero-order valence-corrected chi connectivity index (χ0v) is 12.0. The Bertz CT molecular complexity index is 728. The van der Waals surface area contributed by atoms with E-state index in [0.29, 0.717) is 27.6 Å². The van der Waals surface area contributed by atoms with Crippen molar-refractivity contribution < 1.29 is 9.47 Å². The molecule has 0 atom stereocenters. The third kappa shape index (κ3) is 3.45. The monoisotopic (exact) mass is 298 g/mol. The zero-order valence-electron chi connectivity index (χ0n) is 11.3. The van der Waals surface area contributed by atoms with E-state index < -0.39 is 0 Å². The third-order valence-electron chi connectivity index (χ3n) is 2.82. The molecule has 5 heteroatoms. The van der Waals surface area contributed by atoms with Crippen molar-refractivity contribution in [1.29, 1.82) is 10.5 Å². The molecule has 0 unspecified atom stereocenters. The molecular formula is C16H11ClN2O2. The number of rotatable bonds is 4. The Morgan fingerprint density at radius 1 is 1.05 bits per heavy atom. The lowest BCUT2D eigenvalue weighted by atomic mass is 10.1. The molecule has 21 heavy (non-hydrogen) atoms. The van der Waals surface area contributed by atoms with Gasteiger partial charge in [-0.2, -0.15) is 10.5 Å². The number of hydrogen-bond donors (Lipinski definition) is 0. The van der Waals surface area contributed by atoms with E-state index in [2.05, 4.69) is 6.07 Å². The van der Waals surface area contributed by atoms with Crippen LogP contribution in [0.15, 0.2) is 36.4 Å². The SMILES string of the molecule is COc1cc(C#N)cc(Cl)c1OCc1ccc(C#N)cc1. The lowest BCUT2D eigenvalue weighted by molar-refractivity contribution is 0.284. The van der Waals surface area contributed by atoms with Gasteiger partial charge >= 0.3 is 0 Å². The summed E-state index contributed by atoms with van der Waals surface area (Å²) in [7, 11) is 1.49. The maximum absolute atomic E-state index is 8.90. The summed E-state index contributed by atoms with van der Waals surface area (Å²) in [5.74, 6) is 0.801. The summed E-state index contributed by atoms with van der Waals surface area (Å²) >= 11 is 6.11. The quantitative estimate of drug-likeness (QED) is 0.863. The van der Waals surface area contributed by atoms with Gasteiger partial charge in [0.15, 0.2) is 11.5 Å². The predicted octanol–water partition coefficient (Wildman–Crippen LogP) is 3.67. The Hall–Kier alpha value is -2.69. The van der Waals surface area contributed by atoms with Crippen molar-refractivity contribution in [2.45, 2.75) is 6.61 Å². The molecule has 2 rings (SSSR count). The highest BCUT2D eigenvalue weighted by atomic mass is 35.5. The largest absolute Gasteiger partial charge is 0.493 e. The highest BCUT2D eigenvalue weighted by Gasteiger charge is 2.12. The van der Waals surface area contributed by atoms with Crippen LogP contribution in [-0.2, 0) is 6.61 Å². The first kappa shape index (κ1) is 14.7. The lowest BCUT2D eigenvalue weighted by Crippen LogP contribution is -1.99. The molecule has 0 aliphatic carbocycles. The van der Waals surface area contributed by atoms with E-state index >= 15 is 0 Å². The summed E-state index contributed by atoms with van der Waals surface area (Å²) in [5.41, 5.74) is 1.90. The van der Waals surface area contributed by atoms with Gasteiger partial charge in [-0.05, 0) is 23.8 Å². The van der Waals surface area contributed by atoms with E-state index in [0.717, 1.165) is 5.56 Å². The highest BCUT2D eigenvalue weighted by Crippen LogP contribution is 2.36. The molecule has 104 valence electrons. The van der Waals surface area contributed by atoms with Gasteiger partial charge in [0, 0.05) is 6.07 Å². The van der Waals surface area contributed by atoms with Crippen molar-refractivity contribution in [3.05, 3.63) is 58.1 Å². The van der Waals surface area contributed by atoms with Crippen LogP contribution in [0.25, 0.3) is 0 Å². The lowest BCUT2D eigenvalue weighted by Gasteiger charge is -2.12. The molecule has 4 nitrogen and oxygen atoms in total. The molecule has 2 aromatic carbocycles. The molecule has 0 radical (unpaired) electrons. The van der Waals surface area contributed by atoms with Crippen LogP contribution in [0.4, 0.5) is 0 Å². The van der Waals surface area contributed by atoms with Crippen molar-refractivity contribution in [2.75, 3.05) is 7.11 Å². The van der Waals surface area contributed by atoms with E-state index in [4.69, 9.17) is 31.6 Å². The molecule has 2 aromatic rings. The van der Waals surface area contributed by atoms with Crippen LogP contribution < -0.4 is 9.47 Å². The number of nitrogens with zero attached hydrogens (tertiary/aromatic N) is 2. The second kappa shape index (κ2) is 6.65. The summed E-state index contributed by atoms with van der Waals surface area (Å²) in [6.45, 7) is 0.285. The number of hydrogen-bond acceptors (Lipinski definition) is 4. The second-order valence-electron chi connectivity index (χ2n) is 4.20. The maximum Gasteiger partial charge on any atom is 0.180 e. The molecule has 0 aliphatic rings. The minimum Gasteiger partial charge on any atom is -0.493 e. The van der Waals surface area contributed by atoms with Gasteiger partial charge in [-0.25, -0.2) is 0 Å². The molecular weight excluding hydrogens is 288 g/mol. The molecule has 0 heterocycles. The van der Waals surface area contributed by atoms with Crippen LogP contribution in [0.5, 0.6) is 11.5 Å². The molecule has 0 amide bonds. The molecule has 0 N–H and O–H groups in total. The van der Waals surface area contributed by atoms with Gasteiger partial charge < -0.3 is 9.47 Å². The van der Waals surface area contributed by atoms with Gasteiger partial charge in [0.25, 0.3) is 0 Å². The number of ether oxygens (including phenoxy) is 2. The van der Waals surface area contributed by atoms with Crippen LogP contribution in [0.1, 0.15) is 16.7 Å². The smallest absolute Gasteiger partial charge is 0.180 e. The van der Waals surface area contributed by atoms with Gasteiger partial charge in [-0.1, -0.05) is 23.7 Å². The van der Waals surface area contributed by atoms with Crippen LogP contribution in [0.2, 0.25) is 5.02 Å². The van der Waals surface area contributed by atoms with Gasteiger partial charge in [-0.15, -0.1) is 0 Å². The van der Waals surface area contributed by atoms with Crippen molar-refractivity contribution in [3.8, 4) is 23.6 Å². The highest BCUT2D eigenvalue weighted by molar-refractivity contribution is 6.32. The molecule has 0 aromatic heterocycles. The number of benzene rings is 2. The van der Waals surface area contributed by atoms with Crippen molar-refractivity contribution in [1.82, 2.24) is 0 Å². The summed E-state index contributed by atoms with van der Waals surface area (Å²) in [6, 6.07) is 14.2. The molecule has 0 saturated heterocycles. The van der Waals surface area contributed by atoms with Crippen LogP contribution >= 0.6 is 11.6 Å². The Balaban J connectivity index is 2.19. The molecule has 0 spiro atoms. The fraction of sp³-hybridized carbons (Fsp3) is 0.125. The van der Waals surface area contributed by atoms with E-state index in [9.17, 15) is 0 Å². The van der Waals surface area contributed by atoms with Gasteiger partial charge in [0.1, 0.15) is 6.61 Å². The van der Waals surface area contributed by atoms with E-state index in [1.807, 2.05) is 18.2 Å². The molecule has 0 saturated carbocycles. The van der Waals surface area contributed by atoms with Crippen LogP contribution in [0.3, 0.4) is 0 Å². The molecule has 0 fully saturated rings. The van der Waals surface area contributed by atoms with Crippen molar-refractivity contribution in [3.63, 3.8) is 0 Å². The summed E-state index contributed by atoms with van der Waals surface area (Å²) in [4.78, 5) is 0. The van der Waals surface area contributed by atoms with E-state index in [1.54, 1.807) is 18.2 Å². The average molecular weight is 299 g/mol. The Kier molecular flexibility index (Phi) is 4.66. The first-order chi connectivity index (χ1) is 10.2. The summed E-state index contributed by atoms with van der Waals surface area (Å²) < 4.78 is 10.9. The average Bonchev–Trinajstić information content (AvgIpc) is 2.53. The molecule has 0 bridgehead atoms. The first-order valence-electron chi connectivity index (χ1n) is 6.07. The van der Waals surface area contributed by atoms with Crippen molar-refractivity contribution in [2.24, 2.45) is 0 Å². The van der Waals surface area contributed by atoms with Gasteiger partial charge in [0.2, 0.25) is 0 Å². The van der Waals surface area contributed by atoms with Gasteiger partial charge in [-0.3, -0.25) is 0 Å². The minimum atomic E-state index is 0.285. The summed E-state index contributed by atoms with van der Waals surface area (Å²) in [6.07, 6.45) is 0. The standard InChI is InChI=1S/C16H11ClN2O2/c1-20-15-7-13(9-19)6-14(17)16(15)21-10-12-4-2-11(8-18)3-5-12/h2-7H,10H2,1H3. The maximum atomic E-state index is 8.90. The number of methoxy groups -OCH3 is 1. The third-order valence-corrected chi connectivity index (χ3v) is 3.11. The Morgan fingerprint density at radius 2 is 1.71 bits per heavy atom. The fourth-order valence-electron chi connectivity index (χ4n) is 1.76. The number of halogens is 1. The normalized spacial score (nSPS) is 9.52. The van der Waals surface area contributed by atoms with E-state index in [1.165, 1.54) is 13.2 Å². The predicted molar refractivity (Wildman–Crippen MR) is 78.2 cm³/mol. The zero-order chi connectivity index (χ0) is 15.2. The van der Waals surface area contributed by atoms with Crippen LogP contribution in [-0.4, -0.2) is 7.11 Å². The van der Waals surface area contributed by atoms with Gasteiger partial charge in [0.05, 0.1) is 35.4 Å². The minimum absolute atomic E-state index is 0.285. The Labute approximate surface area is 127 Å².